The third-order valence-electron chi connectivity index (χ3n) is 19.6. The molecule has 0 fully saturated rings. The monoisotopic (exact) mass is 1100 g/mol. The molecule has 0 radical (unpaired) electrons. The second kappa shape index (κ2) is 19.3. The van der Waals surface area contributed by atoms with E-state index in [1.807, 2.05) is 0 Å². The fraction of sp³-hybridized carbons (Fsp3) is 0.119. The Kier molecular flexibility index (Phi) is 11.6. The Labute approximate surface area is 504 Å². The van der Waals surface area contributed by atoms with E-state index in [0.29, 0.717) is 0 Å². The quantitative estimate of drug-likeness (QED) is 0.150. The number of anilines is 6. The van der Waals surface area contributed by atoms with Gasteiger partial charge in [-0.1, -0.05) is 198 Å². The molecule has 0 heterocycles. The molecule has 2 aliphatic carbocycles. The lowest BCUT2D eigenvalue weighted by atomic mass is 9.75. The van der Waals surface area contributed by atoms with Crippen molar-refractivity contribution in [2.75, 3.05) is 9.80 Å². The fourth-order valence-electron chi connectivity index (χ4n) is 15.3. The zero-order valence-corrected chi connectivity index (χ0v) is 50.1. The van der Waals surface area contributed by atoms with Crippen molar-refractivity contribution < 1.29 is 0 Å². The van der Waals surface area contributed by atoms with Crippen LogP contribution in [0, 0.1) is 27.7 Å². The smallest absolute Gasteiger partial charge is 0.0468 e. The van der Waals surface area contributed by atoms with Crippen molar-refractivity contribution in [1.82, 2.24) is 0 Å². The topological polar surface area (TPSA) is 6.48 Å². The van der Waals surface area contributed by atoms with Gasteiger partial charge in [-0.25, -0.2) is 0 Å². The molecule has 2 heteroatoms. The molecule has 0 unspecified atom stereocenters. The van der Waals surface area contributed by atoms with Gasteiger partial charge in [0.2, 0.25) is 0 Å². The standard InChI is InChI=1S/C84H66N2/c1-51-19-17-20-52(2)77(51)81-71-49-76-80(70-42-40-68(48-74(70)84(76,7)8)86(65-37-33-57-25-11-15-29-61(57)45-65)66-38-34-58-26-12-16-30-62(58)46-66)82(78-53(3)21-18-22-54(78)4)72(71)50-75-79(81)69-41-39-67(47-73(69)83(75,5)6)85(63-35-31-55-23-9-13-27-59(55)43-63)64-36-32-56-24-10-14-28-60(56)44-64/h9-50H,1-8H3. The van der Waals surface area contributed by atoms with Crippen LogP contribution in [0.15, 0.2) is 255 Å². The van der Waals surface area contributed by atoms with Crippen LogP contribution in [0.4, 0.5) is 34.1 Å². The summed E-state index contributed by atoms with van der Waals surface area (Å²) in [6.45, 7) is 19.2. The van der Waals surface area contributed by atoms with E-state index in [-0.39, 0.29) is 10.8 Å². The first-order valence-corrected chi connectivity index (χ1v) is 30.5. The highest BCUT2D eigenvalue weighted by Gasteiger charge is 2.43. The summed E-state index contributed by atoms with van der Waals surface area (Å²) in [5.74, 6) is 0. The van der Waals surface area contributed by atoms with E-state index in [1.54, 1.807) is 0 Å². The molecular weight excluding hydrogens is 1040 g/mol. The van der Waals surface area contributed by atoms with Crippen LogP contribution in [0.1, 0.15) is 72.2 Å². The van der Waals surface area contributed by atoms with Gasteiger partial charge in [-0.05, 0) is 256 Å². The maximum Gasteiger partial charge on any atom is 0.0468 e. The normalized spacial score (nSPS) is 13.5. The molecule has 86 heavy (non-hydrogen) atoms. The van der Waals surface area contributed by atoms with E-state index >= 15 is 0 Å². The number of hydrogen-bond acceptors (Lipinski definition) is 2. The summed E-state index contributed by atoms with van der Waals surface area (Å²) < 4.78 is 0. The molecular formula is C84H66N2. The number of benzene rings is 14. The third-order valence-corrected chi connectivity index (χ3v) is 19.6. The van der Waals surface area contributed by atoms with Gasteiger partial charge in [0.15, 0.2) is 0 Å². The van der Waals surface area contributed by atoms with Gasteiger partial charge in [0.25, 0.3) is 0 Å². The highest BCUT2D eigenvalue weighted by Crippen LogP contribution is 2.62. The summed E-state index contributed by atoms with van der Waals surface area (Å²) in [5, 5.41) is 12.4. The van der Waals surface area contributed by atoms with Crippen molar-refractivity contribution in [2.45, 2.75) is 66.2 Å². The van der Waals surface area contributed by atoms with Crippen molar-refractivity contribution >= 4 is 88.0 Å². The highest BCUT2D eigenvalue weighted by atomic mass is 15.1. The first-order valence-electron chi connectivity index (χ1n) is 30.5. The van der Waals surface area contributed by atoms with Gasteiger partial charge in [-0.3, -0.25) is 0 Å². The number of aryl methyl sites for hydroxylation is 4. The molecule has 0 atom stereocenters. The van der Waals surface area contributed by atoms with E-state index in [4.69, 9.17) is 0 Å². The summed E-state index contributed by atoms with van der Waals surface area (Å²) in [4.78, 5) is 4.94. The first-order chi connectivity index (χ1) is 41.8. The summed E-state index contributed by atoms with van der Waals surface area (Å²) >= 11 is 0. The van der Waals surface area contributed by atoms with E-state index in [1.165, 1.54) is 143 Å². The van der Waals surface area contributed by atoms with Crippen LogP contribution in [0.25, 0.3) is 98.4 Å². The minimum absolute atomic E-state index is 0.378. The van der Waals surface area contributed by atoms with Crippen LogP contribution in [0.5, 0.6) is 0 Å². The van der Waals surface area contributed by atoms with Gasteiger partial charge < -0.3 is 9.80 Å². The Bertz CT molecular complexity index is 4660. The minimum atomic E-state index is -0.378. The molecule has 2 nitrogen and oxygen atoms in total. The van der Waals surface area contributed by atoms with Gasteiger partial charge in [-0.15, -0.1) is 0 Å². The largest absolute Gasteiger partial charge is 0.310 e. The van der Waals surface area contributed by atoms with Gasteiger partial charge in [0, 0.05) is 45.0 Å². The van der Waals surface area contributed by atoms with Gasteiger partial charge in [-0.2, -0.15) is 0 Å². The lowest BCUT2D eigenvalue weighted by Crippen LogP contribution is -2.17. The van der Waals surface area contributed by atoms with E-state index < -0.39 is 0 Å². The molecule has 0 saturated carbocycles. The Morgan fingerprint density at radius 1 is 0.221 bits per heavy atom. The molecule has 2 aliphatic rings. The van der Waals surface area contributed by atoms with Crippen molar-refractivity contribution in [1.29, 1.82) is 0 Å². The molecule has 0 aliphatic heterocycles. The van der Waals surface area contributed by atoms with Crippen molar-refractivity contribution in [3.63, 3.8) is 0 Å². The van der Waals surface area contributed by atoms with Gasteiger partial charge in [0.1, 0.15) is 0 Å². The van der Waals surface area contributed by atoms with Crippen molar-refractivity contribution in [3.8, 4) is 44.5 Å². The number of fused-ring (bicyclic) bond motifs is 11. The predicted octanol–water partition coefficient (Wildman–Crippen LogP) is 23.6. The van der Waals surface area contributed by atoms with Crippen LogP contribution in [-0.2, 0) is 10.8 Å². The highest BCUT2D eigenvalue weighted by molar-refractivity contribution is 6.18. The fourth-order valence-corrected chi connectivity index (χ4v) is 15.3. The number of nitrogens with zero attached hydrogens (tertiary/aromatic N) is 2. The van der Waals surface area contributed by atoms with Gasteiger partial charge in [0.05, 0.1) is 0 Å². The van der Waals surface area contributed by atoms with E-state index in [0.717, 1.165) is 34.1 Å². The number of rotatable bonds is 8. The zero-order valence-electron chi connectivity index (χ0n) is 50.1. The van der Waals surface area contributed by atoms with E-state index in [9.17, 15) is 0 Å². The maximum atomic E-state index is 2.63. The second-order valence-corrected chi connectivity index (χ2v) is 25.5. The first kappa shape index (κ1) is 51.6. The van der Waals surface area contributed by atoms with Crippen LogP contribution < -0.4 is 9.80 Å². The molecule has 0 N–H and O–H groups in total. The molecule has 0 amide bonds. The molecule has 0 bridgehead atoms. The van der Waals surface area contributed by atoms with Crippen LogP contribution in [0.3, 0.4) is 0 Å². The van der Waals surface area contributed by atoms with Crippen molar-refractivity contribution in [2.24, 2.45) is 0 Å². The van der Waals surface area contributed by atoms with Gasteiger partial charge >= 0.3 is 0 Å². The average Bonchev–Trinajstić information content (AvgIpc) is 1.50. The van der Waals surface area contributed by atoms with Crippen molar-refractivity contribution in [3.05, 3.63) is 299 Å². The molecule has 16 rings (SSSR count). The molecule has 14 aromatic carbocycles. The third kappa shape index (κ3) is 7.85. The Morgan fingerprint density at radius 2 is 0.488 bits per heavy atom. The number of hydrogen-bond donors (Lipinski definition) is 0. The predicted molar refractivity (Wildman–Crippen MR) is 368 cm³/mol. The molecule has 0 aromatic heterocycles. The Hall–Kier alpha value is -10.0. The molecule has 14 aromatic rings. The summed E-state index contributed by atoms with van der Waals surface area (Å²) in [6.07, 6.45) is 0. The zero-order chi connectivity index (χ0) is 58.3. The molecule has 0 saturated heterocycles. The SMILES string of the molecule is Cc1cccc(C)c1-c1c2c(cc3c(-c4c(C)cccc4C)c4c(cc13)C(C)(C)c1cc(N(c3ccc5ccccc5c3)c3ccc5ccccc5c3)ccc1-4)C(C)(C)c1cc(N(c3ccc4ccccc4c3)c3ccc4ccccc4c3)ccc1-2. The maximum absolute atomic E-state index is 2.63. The van der Waals surface area contributed by atoms with E-state index in [2.05, 4.69) is 320 Å². The lowest BCUT2D eigenvalue weighted by Gasteiger charge is -2.29. The molecule has 0 spiro atoms. The van der Waals surface area contributed by atoms with Crippen LogP contribution >= 0.6 is 0 Å². The summed E-state index contributed by atoms with van der Waals surface area (Å²) in [7, 11) is 0. The summed E-state index contributed by atoms with van der Waals surface area (Å²) in [6, 6.07) is 96.2. The second-order valence-electron chi connectivity index (χ2n) is 25.5. The Balaban J connectivity index is 0.946. The van der Waals surface area contributed by atoms with Crippen LogP contribution in [-0.4, -0.2) is 0 Å². The molecule has 412 valence electrons. The average molecular weight is 1100 g/mol. The Morgan fingerprint density at radius 3 is 0.791 bits per heavy atom. The summed E-state index contributed by atoms with van der Waals surface area (Å²) in [5.41, 5.74) is 27.2. The minimum Gasteiger partial charge on any atom is -0.310 e. The lowest BCUT2D eigenvalue weighted by molar-refractivity contribution is 0.660. The van der Waals surface area contributed by atoms with Crippen LogP contribution in [0.2, 0.25) is 0 Å².